The molecule has 0 aromatic heterocycles. The molecule has 0 saturated heterocycles. The summed E-state index contributed by atoms with van der Waals surface area (Å²) in [7, 11) is 1.25. The Bertz CT molecular complexity index is 1380. The zero-order valence-electron chi connectivity index (χ0n) is 22.9. The fraction of sp³-hybridized carbons (Fsp3) is 0.300. The zero-order valence-corrected chi connectivity index (χ0v) is 22.9. The number of benzene rings is 3. The average molecular weight is 552 g/mol. The molecule has 212 valence electrons. The van der Waals surface area contributed by atoms with Gasteiger partial charge in [-0.1, -0.05) is 25.5 Å². The molecule has 40 heavy (non-hydrogen) atoms. The van der Waals surface area contributed by atoms with Gasteiger partial charge < -0.3 is 31.3 Å². The lowest BCUT2D eigenvalue weighted by atomic mass is 9.99. The van der Waals surface area contributed by atoms with E-state index in [1.807, 2.05) is 6.92 Å². The van der Waals surface area contributed by atoms with Gasteiger partial charge in [-0.25, -0.2) is 4.39 Å². The van der Waals surface area contributed by atoms with Crippen molar-refractivity contribution in [3.8, 4) is 17.2 Å². The molecule has 0 aliphatic heterocycles. The lowest BCUT2D eigenvalue weighted by Crippen LogP contribution is -2.55. The number of rotatable bonds is 11. The van der Waals surface area contributed by atoms with E-state index < -0.39 is 40.9 Å². The van der Waals surface area contributed by atoms with Crippen LogP contribution in [0.25, 0.3) is 0 Å². The summed E-state index contributed by atoms with van der Waals surface area (Å²) in [6, 6.07) is 10.0. The molecule has 6 N–H and O–H groups in total. The lowest BCUT2D eigenvalue weighted by Gasteiger charge is -2.28. The summed E-state index contributed by atoms with van der Waals surface area (Å²) in [6.45, 7) is 5.41. The largest absolute Gasteiger partial charge is 0.507 e. The van der Waals surface area contributed by atoms with Gasteiger partial charge in [-0.05, 0) is 67.8 Å². The number of ether oxygens (including phenoxy) is 1. The minimum Gasteiger partial charge on any atom is -0.507 e. The van der Waals surface area contributed by atoms with Gasteiger partial charge in [-0.2, -0.15) is 0 Å². The molecule has 0 spiro atoms. The molecule has 2 atom stereocenters. The van der Waals surface area contributed by atoms with Crippen molar-refractivity contribution < 1.29 is 33.7 Å². The van der Waals surface area contributed by atoms with Crippen molar-refractivity contribution in [2.45, 2.75) is 45.7 Å². The highest BCUT2D eigenvalue weighted by atomic mass is 19.1. The van der Waals surface area contributed by atoms with Crippen molar-refractivity contribution in [2.24, 2.45) is 5.73 Å². The SMILES string of the molecule is CCC[C@@H](NC(=O)c1ccc(C(=O)c2c(O)ccc(OC)c2F)cc1)[C@@H](CN)NC(=O)c1cc(C)c(O)c(C)c1. The Morgan fingerprint density at radius 1 is 0.900 bits per heavy atom. The summed E-state index contributed by atoms with van der Waals surface area (Å²) in [5.41, 5.74) is 7.26. The maximum atomic E-state index is 14.6. The van der Waals surface area contributed by atoms with E-state index in [0.717, 1.165) is 0 Å². The Morgan fingerprint density at radius 3 is 2.00 bits per heavy atom. The maximum absolute atomic E-state index is 14.6. The van der Waals surface area contributed by atoms with E-state index in [4.69, 9.17) is 10.5 Å². The first-order valence-corrected chi connectivity index (χ1v) is 12.8. The maximum Gasteiger partial charge on any atom is 0.251 e. The number of ketones is 1. The Balaban J connectivity index is 1.76. The van der Waals surface area contributed by atoms with Crippen molar-refractivity contribution in [1.82, 2.24) is 10.6 Å². The minimum atomic E-state index is -0.982. The predicted octanol–water partition coefficient (Wildman–Crippen LogP) is 3.75. The van der Waals surface area contributed by atoms with Crippen LogP contribution in [0.4, 0.5) is 4.39 Å². The second-order valence-corrected chi connectivity index (χ2v) is 9.53. The summed E-state index contributed by atoms with van der Waals surface area (Å²) >= 11 is 0. The Kier molecular flexibility index (Phi) is 9.84. The number of nitrogens with one attached hydrogen (secondary N) is 2. The van der Waals surface area contributed by atoms with Crippen LogP contribution in [0.2, 0.25) is 0 Å². The van der Waals surface area contributed by atoms with Gasteiger partial charge in [0.25, 0.3) is 11.8 Å². The molecule has 0 unspecified atom stereocenters. The first-order valence-electron chi connectivity index (χ1n) is 12.8. The third kappa shape index (κ3) is 6.58. The van der Waals surface area contributed by atoms with Crippen LogP contribution in [0.15, 0.2) is 48.5 Å². The molecule has 0 fully saturated rings. The number of methoxy groups -OCH3 is 1. The number of carbonyl (C=O) groups is 3. The molecule has 2 amide bonds. The first-order chi connectivity index (χ1) is 19.0. The summed E-state index contributed by atoms with van der Waals surface area (Å²) in [6.07, 6.45) is 1.24. The van der Waals surface area contributed by atoms with E-state index in [1.165, 1.54) is 43.5 Å². The van der Waals surface area contributed by atoms with E-state index in [1.54, 1.807) is 26.0 Å². The van der Waals surface area contributed by atoms with Crippen LogP contribution in [0.1, 0.15) is 67.5 Å². The van der Waals surface area contributed by atoms with Crippen LogP contribution < -0.4 is 21.1 Å². The fourth-order valence-electron chi connectivity index (χ4n) is 4.44. The normalized spacial score (nSPS) is 12.3. The van der Waals surface area contributed by atoms with E-state index in [-0.39, 0.29) is 35.1 Å². The Hall–Kier alpha value is -4.44. The summed E-state index contributed by atoms with van der Waals surface area (Å²) in [5, 5.41) is 25.9. The summed E-state index contributed by atoms with van der Waals surface area (Å²) < 4.78 is 19.5. The number of amides is 2. The van der Waals surface area contributed by atoms with E-state index in [2.05, 4.69) is 10.6 Å². The van der Waals surface area contributed by atoms with Gasteiger partial charge in [0, 0.05) is 23.2 Å². The van der Waals surface area contributed by atoms with Crippen LogP contribution in [0, 0.1) is 19.7 Å². The van der Waals surface area contributed by atoms with Crippen LogP contribution in [-0.4, -0.2) is 53.5 Å². The highest BCUT2D eigenvalue weighted by Gasteiger charge is 2.26. The second-order valence-electron chi connectivity index (χ2n) is 9.53. The van der Waals surface area contributed by atoms with E-state index >= 15 is 0 Å². The second kappa shape index (κ2) is 13.1. The zero-order chi connectivity index (χ0) is 29.6. The van der Waals surface area contributed by atoms with Crippen molar-refractivity contribution in [3.05, 3.63) is 87.7 Å². The van der Waals surface area contributed by atoms with Gasteiger partial charge in [-0.15, -0.1) is 0 Å². The van der Waals surface area contributed by atoms with Crippen LogP contribution in [-0.2, 0) is 0 Å². The van der Waals surface area contributed by atoms with Crippen LogP contribution >= 0.6 is 0 Å². The number of hydrogen-bond acceptors (Lipinski definition) is 7. The molecule has 0 radical (unpaired) electrons. The van der Waals surface area contributed by atoms with Gasteiger partial charge in [0.1, 0.15) is 17.1 Å². The molecule has 0 bridgehead atoms. The number of phenols is 2. The van der Waals surface area contributed by atoms with Crippen LogP contribution in [0.3, 0.4) is 0 Å². The number of hydrogen-bond donors (Lipinski definition) is 5. The predicted molar refractivity (Wildman–Crippen MR) is 149 cm³/mol. The third-order valence-electron chi connectivity index (χ3n) is 6.67. The van der Waals surface area contributed by atoms with Crippen molar-refractivity contribution >= 4 is 17.6 Å². The van der Waals surface area contributed by atoms with E-state index in [9.17, 15) is 29.0 Å². The van der Waals surface area contributed by atoms with Gasteiger partial charge in [0.2, 0.25) is 0 Å². The number of aromatic hydroxyl groups is 2. The minimum absolute atomic E-state index is 0.0652. The van der Waals surface area contributed by atoms with Gasteiger partial charge in [-0.3, -0.25) is 14.4 Å². The molecule has 3 aromatic carbocycles. The highest BCUT2D eigenvalue weighted by molar-refractivity contribution is 6.11. The standard InChI is InChI=1S/C30H34FN3O6/c1-5-6-21(22(15-32)34-30(39)20-13-16(2)27(36)17(3)14-20)33-29(38)19-9-7-18(8-10-19)28(37)25-23(35)11-12-24(40-4)26(25)31/h7-14,21-22,35-36H,5-6,15,32H2,1-4H3,(H,33,38)(H,34,39)/t21-,22-/m1/s1. The topological polar surface area (TPSA) is 151 Å². The third-order valence-corrected chi connectivity index (χ3v) is 6.67. The molecular weight excluding hydrogens is 517 g/mol. The van der Waals surface area contributed by atoms with Crippen molar-refractivity contribution in [3.63, 3.8) is 0 Å². The monoisotopic (exact) mass is 551 g/mol. The number of carbonyl (C=O) groups excluding carboxylic acids is 3. The van der Waals surface area contributed by atoms with Gasteiger partial charge in [0.15, 0.2) is 17.3 Å². The van der Waals surface area contributed by atoms with Gasteiger partial charge >= 0.3 is 0 Å². The Labute approximate surface area is 232 Å². The van der Waals surface area contributed by atoms with Gasteiger partial charge in [0.05, 0.1) is 19.2 Å². The smallest absolute Gasteiger partial charge is 0.251 e. The first kappa shape index (κ1) is 30.1. The highest BCUT2D eigenvalue weighted by Crippen LogP contribution is 2.30. The number of aryl methyl sites for hydroxylation is 2. The number of nitrogens with two attached hydrogens (primary N) is 1. The summed E-state index contributed by atoms with van der Waals surface area (Å²) in [5.74, 6) is -3.16. The number of phenolic OH excluding ortho intramolecular Hbond substituents is 2. The van der Waals surface area contributed by atoms with Crippen molar-refractivity contribution in [1.29, 1.82) is 0 Å². The molecule has 0 aliphatic rings. The quantitative estimate of drug-likeness (QED) is 0.228. The lowest BCUT2D eigenvalue weighted by molar-refractivity contribution is 0.0881. The molecule has 9 nitrogen and oxygen atoms in total. The number of halogens is 1. The Morgan fingerprint density at radius 2 is 1.45 bits per heavy atom. The average Bonchev–Trinajstić information content (AvgIpc) is 2.94. The summed E-state index contributed by atoms with van der Waals surface area (Å²) in [4.78, 5) is 38.9. The molecule has 0 saturated carbocycles. The van der Waals surface area contributed by atoms with Crippen molar-refractivity contribution in [2.75, 3.05) is 13.7 Å². The molecule has 0 heterocycles. The molecule has 3 aromatic rings. The molecular formula is C30H34FN3O6. The molecule has 3 rings (SSSR count). The fourth-order valence-corrected chi connectivity index (χ4v) is 4.44. The van der Waals surface area contributed by atoms with Crippen LogP contribution in [0.5, 0.6) is 17.2 Å². The molecule has 0 aliphatic carbocycles. The van der Waals surface area contributed by atoms with E-state index in [0.29, 0.717) is 29.5 Å². The molecule has 10 heteroatoms.